The minimum Gasteiger partial charge on any atom is -0.494 e. The molecule has 1 aromatic carbocycles. The van der Waals surface area contributed by atoms with Gasteiger partial charge in [-0.2, -0.15) is 0 Å². The van der Waals surface area contributed by atoms with Gasteiger partial charge in [-0.1, -0.05) is 6.07 Å². The minimum atomic E-state index is -3.43. The number of methoxy groups -OCH3 is 1. The maximum Gasteiger partial charge on any atom is 0.254 e. The molecule has 2 atom stereocenters. The van der Waals surface area contributed by atoms with E-state index in [1.165, 1.54) is 39.4 Å². The number of carbonyl (C=O) groups is 1. The van der Waals surface area contributed by atoms with Gasteiger partial charge in [0.2, 0.25) is 10.0 Å². The van der Waals surface area contributed by atoms with Crippen molar-refractivity contribution in [2.75, 3.05) is 40.2 Å². The molecule has 0 bridgehead atoms. The van der Waals surface area contributed by atoms with Crippen LogP contribution in [0.3, 0.4) is 0 Å². The number of sulfonamides is 1. The Morgan fingerprint density at radius 2 is 2.12 bits per heavy atom. The van der Waals surface area contributed by atoms with Gasteiger partial charge in [-0.15, -0.1) is 0 Å². The Hall–Kier alpha value is -1.71. The Morgan fingerprint density at radius 3 is 2.75 bits per heavy atom. The zero-order valence-electron chi connectivity index (χ0n) is 13.8. The number of halogens is 1. The summed E-state index contributed by atoms with van der Waals surface area (Å²) >= 11 is 0. The standard InChI is InChI=1S/C15H21FN2O5S/c1-18(2)24(20,21)9-10-7-23-8-12(10)17-15(19)11-5-4-6-13(22-3)14(11)16/h4-6,10,12H,7-9H2,1-3H3,(H,17,19). The first-order valence-electron chi connectivity index (χ1n) is 7.37. The molecule has 0 saturated carbocycles. The first-order valence-corrected chi connectivity index (χ1v) is 8.98. The van der Waals surface area contributed by atoms with E-state index in [1.54, 1.807) is 0 Å². The van der Waals surface area contributed by atoms with E-state index >= 15 is 0 Å². The summed E-state index contributed by atoms with van der Waals surface area (Å²) in [6, 6.07) is 3.76. The summed E-state index contributed by atoms with van der Waals surface area (Å²) in [4.78, 5) is 12.3. The number of ether oxygens (including phenoxy) is 2. The van der Waals surface area contributed by atoms with Gasteiger partial charge in [0.1, 0.15) is 0 Å². The summed E-state index contributed by atoms with van der Waals surface area (Å²) in [6.45, 7) is 0.406. The highest BCUT2D eigenvalue weighted by molar-refractivity contribution is 7.89. The van der Waals surface area contributed by atoms with Crippen LogP contribution in [0.1, 0.15) is 10.4 Å². The molecule has 1 fully saturated rings. The third-order valence-corrected chi connectivity index (χ3v) is 5.89. The SMILES string of the molecule is COc1cccc(C(=O)NC2COCC2CS(=O)(=O)N(C)C)c1F. The van der Waals surface area contributed by atoms with Crippen LogP contribution in [0.15, 0.2) is 18.2 Å². The van der Waals surface area contributed by atoms with Gasteiger partial charge >= 0.3 is 0 Å². The van der Waals surface area contributed by atoms with Gasteiger partial charge in [0.05, 0.1) is 37.7 Å². The minimum absolute atomic E-state index is 0.0305. The molecule has 1 saturated heterocycles. The van der Waals surface area contributed by atoms with Gasteiger partial charge < -0.3 is 14.8 Å². The topological polar surface area (TPSA) is 84.9 Å². The van der Waals surface area contributed by atoms with Crippen LogP contribution in [0.2, 0.25) is 0 Å². The molecule has 0 spiro atoms. The summed E-state index contributed by atoms with van der Waals surface area (Å²) in [5.74, 6) is -1.96. The average molecular weight is 360 g/mol. The van der Waals surface area contributed by atoms with E-state index in [4.69, 9.17) is 9.47 Å². The third kappa shape index (κ3) is 4.03. The van der Waals surface area contributed by atoms with Crippen molar-refractivity contribution in [2.45, 2.75) is 6.04 Å². The van der Waals surface area contributed by atoms with E-state index in [2.05, 4.69) is 5.32 Å². The van der Waals surface area contributed by atoms with Crippen LogP contribution in [-0.2, 0) is 14.8 Å². The fourth-order valence-electron chi connectivity index (χ4n) is 2.43. The highest BCUT2D eigenvalue weighted by Gasteiger charge is 2.34. The smallest absolute Gasteiger partial charge is 0.254 e. The molecule has 134 valence electrons. The summed E-state index contributed by atoms with van der Waals surface area (Å²) in [5.41, 5.74) is -0.157. The predicted octanol–water partition coefficient (Wildman–Crippen LogP) is 0.470. The van der Waals surface area contributed by atoms with Gasteiger partial charge in [0.25, 0.3) is 5.91 Å². The molecule has 9 heteroatoms. The molecule has 1 aromatic rings. The normalized spacial score (nSPS) is 21.0. The van der Waals surface area contributed by atoms with Crippen LogP contribution < -0.4 is 10.1 Å². The zero-order valence-corrected chi connectivity index (χ0v) is 14.6. The van der Waals surface area contributed by atoms with Crippen molar-refractivity contribution in [3.05, 3.63) is 29.6 Å². The number of amides is 1. The lowest BCUT2D eigenvalue weighted by Gasteiger charge is -2.21. The molecule has 1 heterocycles. The number of benzene rings is 1. The fraction of sp³-hybridized carbons (Fsp3) is 0.533. The van der Waals surface area contributed by atoms with Crippen molar-refractivity contribution in [3.63, 3.8) is 0 Å². The van der Waals surface area contributed by atoms with Crippen molar-refractivity contribution in [1.82, 2.24) is 9.62 Å². The molecule has 1 aliphatic rings. The number of nitrogens with zero attached hydrogens (tertiary/aromatic N) is 1. The second kappa shape index (κ2) is 7.45. The second-order valence-corrected chi connectivity index (χ2v) is 7.99. The summed E-state index contributed by atoms with van der Waals surface area (Å²) in [5, 5.41) is 2.66. The Bertz CT molecular complexity index is 708. The monoisotopic (exact) mass is 360 g/mol. The Kier molecular flexibility index (Phi) is 5.79. The summed E-state index contributed by atoms with van der Waals surface area (Å²) in [6.07, 6.45) is 0. The van der Waals surface area contributed by atoms with Crippen LogP contribution in [0, 0.1) is 11.7 Å². The van der Waals surface area contributed by atoms with Crippen LogP contribution in [0.25, 0.3) is 0 Å². The summed E-state index contributed by atoms with van der Waals surface area (Å²) in [7, 11) is 0.784. The molecule has 7 nitrogen and oxygen atoms in total. The van der Waals surface area contributed by atoms with E-state index in [9.17, 15) is 17.6 Å². The Labute approximate surface area is 140 Å². The van der Waals surface area contributed by atoms with Crippen molar-refractivity contribution < 1.29 is 27.1 Å². The molecule has 1 amide bonds. The van der Waals surface area contributed by atoms with Gasteiger partial charge in [0.15, 0.2) is 11.6 Å². The predicted molar refractivity (Wildman–Crippen MR) is 86.0 cm³/mol. The molecule has 1 aliphatic heterocycles. The van der Waals surface area contributed by atoms with E-state index in [-0.39, 0.29) is 30.3 Å². The number of hydrogen-bond acceptors (Lipinski definition) is 5. The largest absolute Gasteiger partial charge is 0.494 e. The van der Waals surface area contributed by atoms with Crippen LogP contribution in [0.4, 0.5) is 4.39 Å². The van der Waals surface area contributed by atoms with E-state index in [0.29, 0.717) is 0 Å². The van der Waals surface area contributed by atoms with Crippen molar-refractivity contribution in [1.29, 1.82) is 0 Å². The summed E-state index contributed by atoms with van der Waals surface area (Å²) < 4.78 is 49.4. The van der Waals surface area contributed by atoms with Gasteiger partial charge in [-0.05, 0) is 12.1 Å². The molecule has 2 rings (SSSR count). The molecule has 24 heavy (non-hydrogen) atoms. The molecule has 0 aromatic heterocycles. The van der Waals surface area contributed by atoms with Crippen molar-refractivity contribution in [3.8, 4) is 5.75 Å². The molecule has 0 radical (unpaired) electrons. The number of rotatable bonds is 6. The maximum atomic E-state index is 14.2. The van der Waals surface area contributed by atoms with E-state index < -0.39 is 33.7 Å². The zero-order chi connectivity index (χ0) is 17.9. The Balaban J connectivity index is 2.11. The van der Waals surface area contributed by atoms with Crippen molar-refractivity contribution in [2.24, 2.45) is 5.92 Å². The van der Waals surface area contributed by atoms with Gasteiger partial charge in [-0.3, -0.25) is 4.79 Å². The van der Waals surface area contributed by atoms with E-state index in [1.807, 2.05) is 0 Å². The number of nitrogens with one attached hydrogen (secondary N) is 1. The Morgan fingerprint density at radius 1 is 1.42 bits per heavy atom. The highest BCUT2D eigenvalue weighted by Crippen LogP contribution is 2.22. The number of carbonyl (C=O) groups excluding carboxylic acids is 1. The van der Waals surface area contributed by atoms with E-state index in [0.717, 1.165) is 4.31 Å². The van der Waals surface area contributed by atoms with Crippen LogP contribution >= 0.6 is 0 Å². The van der Waals surface area contributed by atoms with Crippen molar-refractivity contribution >= 4 is 15.9 Å². The first kappa shape index (κ1) is 18.6. The maximum absolute atomic E-state index is 14.2. The second-order valence-electron chi connectivity index (χ2n) is 5.76. The first-order chi connectivity index (χ1) is 11.3. The molecular weight excluding hydrogens is 339 g/mol. The number of hydrogen-bond donors (Lipinski definition) is 1. The fourth-order valence-corrected chi connectivity index (χ4v) is 3.60. The molecule has 1 N–H and O–H groups in total. The van der Waals surface area contributed by atoms with Gasteiger partial charge in [-0.25, -0.2) is 17.1 Å². The highest BCUT2D eigenvalue weighted by atomic mass is 32.2. The third-order valence-electron chi connectivity index (χ3n) is 3.92. The average Bonchev–Trinajstić information content (AvgIpc) is 2.93. The molecule has 2 unspecified atom stereocenters. The lowest BCUT2D eigenvalue weighted by atomic mass is 10.1. The lowest BCUT2D eigenvalue weighted by Crippen LogP contribution is -2.43. The van der Waals surface area contributed by atoms with Gasteiger partial charge in [0, 0.05) is 20.0 Å². The van der Waals surface area contributed by atoms with Crippen LogP contribution in [-0.4, -0.2) is 64.8 Å². The lowest BCUT2D eigenvalue weighted by molar-refractivity contribution is 0.0921. The molecule has 0 aliphatic carbocycles. The molecular formula is C15H21FN2O5S. The quantitative estimate of drug-likeness (QED) is 0.797. The van der Waals surface area contributed by atoms with Crippen LogP contribution in [0.5, 0.6) is 5.75 Å².